The maximum Gasteiger partial charge on any atom is 0.0311 e. The van der Waals surface area contributed by atoms with E-state index in [4.69, 9.17) is 0 Å². The van der Waals surface area contributed by atoms with E-state index < -0.39 is 0 Å². The number of thioether (sulfide) groups is 1. The van der Waals surface area contributed by atoms with Crippen molar-refractivity contribution in [1.82, 2.24) is 5.32 Å². The molecule has 0 saturated heterocycles. The van der Waals surface area contributed by atoms with Crippen molar-refractivity contribution in [3.05, 3.63) is 28.7 Å². The fraction of sp³-hybridized carbons (Fsp3) is 0.647. The zero-order valence-electron chi connectivity index (χ0n) is 12.8. The van der Waals surface area contributed by atoms with Crippen molar-refractivity contribution in [3.8, 4) is 0 Å². The van der Waals surface area contributed by atoms with Gasteiger partial charge >= 0.3 is 0 Å². The van der Waals surface area contributed by atoms with Gasteiger partial charge in [0.05, 0.1) is 0 Å². The molecule has 20 heavy (non-hydrogen) atoms. The van der Waals surface area contributed by atoms with Gasteiger partial charge in [-0.05, 0) is 47.4 Å². The third-order valence-electron chi connectivity index (χ3n) is 3.37. The quantitative estimate of drug-likeness (QED) is 0.392. The van der Waals surface area contributed by atoms with Gasteiger partial charge in [-0.1, -0.05) is 51.7 Å². The molecule has 1 N–H and O–H groups in total. The molecule has 0 aliphatic heterocycles. The Labute approximate surface area is 137 Å². The molecule has 0 heterocycles. The first kappa shape index (κ1) is 18.1. The summed E-state index contributed by atoms with van der Waals surface area (Å²) < 4.78 is 1.21. The maximum atomic E-state index is 3.70. The molecule has 0 fully saturated rings. The molecule has 0 aliphatic rings. The van der Waals surface area contributed by atoms with E-state index >= 15 is 0 Å². The molecule has 0 aromatic heterocycles. The normalized spacial score (nSPS) is 12.6. The number of hydrogen-bond acceptors (Lipinski definition) is 2. The van der Waals surface area contributed by atoms with Gasteiger partial charge in [0, 0.05) is 21.2 Å². The molecule has 0 aliphatic carbocycles. The summed E-state index contributed by atoms with van der Waals surface area (Å²) in [6.07, 6.45) is 7.94. The highest BCUT2D eigenvalue weighted by molar-refractivity contribution is 9.10. The standard InChI is InChI=1S/C17H28BrNS/c1-3-5-6-7-10-15(19-13-4-2)14-20-17-12-9-8-11-16(17)18/h8-9,11-12,15,19H,3-7,10,13-14H2,1-2H3. The lowest BCUT2D eigenvalue weighted by Crippen LogP contribution is -2.32. The summed E-state index contributed by atoms with van der Waals surface area (Å²) in [6.45, 7) is 5.65. The second-order valence-corrected chi connectivity index (χ2v) is 7.16. The topological polar surface area (TPSA) is 12.0 Å². The summed E-state index contributed by atoms with van der Waals surface area (Å²) in [5.74, 6) is 1.16. The Morgan fingerprint density at radius 1 is 1.10 bits per heavy atom. The van der Waals surface area contributed by atoms with Crippen LogP contribution in [0.1, 0.15) is 52.4 Å². The van der Waals surface area contributed by atoms with E-state index in [0.29, 0.717) is 6.04 Å². The van der Waals surface area contributed by atoms with Crippen LogP contribution in [0.4, 0.5) is 0 Å². The minimum Gasteiger partial charge on any atom is -0.313 e. The largest absolute Gasteiger partial charge is 0.313 e. The number of rotatable bonds is 11. The van der Waals surface area contributed by atoms with Gasteiger partial charge in [0.2, 0.25) is 0 Å². The van der Waals surface area contributed by atoms with Gasteiger partial charge in [0.25, 0.3) is 0 Å². The minimum atomic E-state index is 0.643. The molecule has 1 unspecified atom stereocenters. The van der Waals surface area contributed by atoms with E-state index in [1.165, 1.54) is 47.9 Å². The molecular formula is C17H28BrNS. The Bertz CT molecular complexity index is 357. The monoisotopic (exact) mass is 357 g/mol. The SMILES string of the molecule is CCCCCCC(CSc1ccccc1Br)NCCC. The van der Waals surface area contributed by atoms with Crippen molar-refractivity contribution < 1.29 is 0 Å². The predicted octanol–water partition coefficient (Wildman–Crippen LogP) is 5.88. The summed E-state index contributed by atoms with van der Waals surface area (Å²) in [7, 11) is 0. The molecule has 114 valence electrons. The molecule has 1 rings (SSSR count). The lowest BCUT2D eigenvalue weighted by Gasteiger charge is -2.18. The van der Waals surface area contributed by atoms with Crippen molar-refractivity contribution >= 4 is 27.7 Å². The van der Waals surface area contributed by atoms with Crippen LogP contribution in [-0.2, 0) is 0 Å². The summed E-state index contributed by atoms with van der Waals surface area (Å²) in [4.78, 5) is 1.35. The first-order valence-corrected chi connectivity index (χ1v) is 9.66. The summed E-state index contributed by atoms with van der Waals surface area (Å²) >= 11 is 5.59. The molecule has 0 saturated carbocycles. The van der Waals surface area contributed by atoms with E-state index in [0.717, 1.165) is 12.3 Å². The predicted molar refractivity (Wildman–Crippen MR) is 95.7 cm³/mol. The Morgan fingerprint density at radius 3 is 2.60 bits per heavy atom. The van der Waals surface area contributed by atoms with Crippen LogP contribution >= 0.6 is 27.7 Å². The third-order valence-corrected chi connectivity index (χ3v) is 5.56. The Morgan fingerprint density at radius 2 is 1.90 bits per heavy atom. The van der Waals surface area contributed by atoms with Crippen molar-refractivity contribution in [2.24, 2.45) is 0 Å². The van der Waals surface area contributed by atoms with Crippen LogP contribution in [0.25, 0.3) is 0 Å². The van der Waals surface area contributed by atoms with Gasteiger partial charge in [-0.25, -0.2) is 0 Å². The fourth-order valence-corrected chi connectivity index (χ4v) is 3.84. The van der Waals surface area contributed by atoms with Gasteiger partial charge in [0.1, 0.15) is 0 Å². The van der Waals surface area contributed by atoms with Crippen LogP contribution in [0.5, 0.6) is 0 Å². The zero-order chi connectivity index (χ0) is 14.6. The molecule has 1 atom stereocenters. The van der Waals surface area contributed by atoms with Crippen LogP contribution in [0.15, 0.2) is 33.6 Å². The zero-order valence-corrected chi connectivity index (χ0v) is 15.2. The lowest BCUT2D eigenvalue weighted by molar-refractivity contribution is 0.488. The number of halogens is 1. The van der Waals surface area contributed by atoms with Crippen LogP contribution < -0.4 is 5.32 Å². The van der Waals surface area contributed by atoms with Gasteiger partial charge < -0.3 is 5.32 Å². The van der Waals surface area contributed by atoms with E-state index in [2.05, 4.69) is 59.4 Å². The maximum absolute atomic E-state index is 3.70. The Hall–Kier alpha value is 0.01000. The van der Waals surface area contributed by atoms with Crippen LogP contribution in [-0.4, -0.2) is 18.3 Å². The second-order valence-electron chi connectivity index (χ2n) is 5.24. The van der Waals surface area contributed by atoms with Crippen LogP contribution in [0.2, 0.25) is 0 Å². The number of benzene rings is 1. The van der Waals surface area contributed by atoms with E-state index in [1.54, 1.807) is 0 Å². The summed E-state index contributed by atoms with van der Waals surface area (Å²) in [5.41, 5.74) is 0. The van der Waals surface area contributed by atoms with Gasteiger partial charge in [-0.15, -0.1) is 11.8 Å². The molecule has 1 nitrogen and oxygen atoms in total. The van der Waals surface area contributed by atoms with E-state index in [-0.39, 0.29) is 0 Å². The van der Waals surface area contributed by atoms with E-state index in [1.807, 2.05) is 11.8 Å². The second kappa shape index (κ2) is 11.6. The summed E-state index contributed by atoms with van der Waals surface area (Å²) in [6, 6.07) is 9.15. The van der Waals surface area contributed by atoms with Gasteiger partial charge in [-0.3, -0.25) is 0 Å². The third kappa shape index (κ3) is 7.70. The molecule has 0 radical (unpaired) electrons. The molecule has 3 heteroatoms. The number of unbranched alkanes of at least 4 members (excludes halogenated alkanes) is 3. The van der Waals surface area contributed by atoms with Crippen molar-refractivity contribution in [1.29, 1.82) is 0 Å². The first-order chi connectivity index (χ1) is 9.77. The Balaban J connectivity index is 2.37. The summed E-state index contributed by atoms with van der Waals surface area (Å²) in [5, 5.41) is 3.70. The molecular weight excluding hydrogens is 330 g/mol. The average molecular weight is 358 g/mol. The van der Waals surface area contributed by atoms with Crippen LogP contribution in [0, 0.1) is 0 Å². The molecule has 0 spiro atoms. The fourth-order valence-electron chi connectivity index (χ4n) is 2.16. The minimum absolute atomic E-state index is 0.643. The van der Waals surface area contributed by atoms with Crippen molar-refractivity contribution in [3.63, 3.8) is 0 Å². The first-order valence-electron chi connectivity index (χ1n) is 7.88. The van der Waals surface area contributed by atoms with Crippen LogP contribution in [0.3, 0.4) is 0 Å². The van der Waals surface area contributed by atoms with E-state index in [9.17, 15) is 0 Å². The highest BCUT2D eigenvalue weighted by Crippen LogP contribution is 2.28. The van der Waals surface area contributed by atoms with Gasteiger partial charge in [-0.2, -0.15) is 0 Å². The lowest BCUT2D eigenvalue weighted by atomic mass is 10.1. The molecule has 1 aromatic carbocycles. The van der Waals surface area contributed by atoms with Crippen molar-refractivity contribution in [2.75, 3.05) is 12.3 Å². The van der Waals surface area contributed by atoms with Crippen molar-refractivity contribution in [2.45, 2.75) is 63.3 Å². The highest BCUT2D eigenvalue weighted by Gasteiger charge is 2.09. The Kier molecular flexibility index (Phi) is 10.5. The number of nitrogens with one attached hydrogen (secondary N) is 1. The number of hydrogen-bond donors (Lipinski definition) is 1. The highest BCUT2D eigenvalue weighted by atomic mass is 79.9. The average Bonchev–Trinajstić information content (AvgIpc) is 2.47. The smallest absolute Gasteiger partial charge is 0.0311 e. The molecule has 0 amide bonds. The van der Waals surface area contributed by atoms with Gasteiger partial charge in [0.15, 0.2) is 0 Å². The molecule has 1 aromatic rings. The molecule has 0 bridgehead atoms.